The van der Waals surface area contributed by atoms with Gasteiger partial charge >= 0.3 is 0 Å². The van der Waals surface area contributed by atoms with Gasteiger partial charge in [-0.3, -0.25) is 0 Å². The molecule has 16 aromatic rings. The maximum Gasteiger partial charge on any atom is 0.0726 e. The molecular weight excluding hydrogens is 1270 g/mol. The SMILES string of the molecule is CC1(C)c2ccccc2-c2c(N(c3ccccc3)c3ccc(-c4ccccc4)cc3)cc(N(c3ccc(-c4ccccc4)cc3)c3ccc(-c4cccc5c4-c4ccccc4C54c5ccc6cc5-c5c(cccc54)N(c4ccccc4-c4ccccc4)c4ccc5c(c4)C6(C)c4ccccc4-5)cc3)cc21. The Hall–Kier alpha value is -13.1. The van der Waals surface area contributed by atoms with Gasteiger partial charge < -0.3 is 14.7 Å². The zero-order chi connectivity index (χ0) is 69.7. The van der Waals surface area contributed by atoms with Gasteiger partial charge in [0.25, 0.3) is 0 Å². The standard InChI is InChI=1S/C102H71N3/c1-100(2)86-39-20-17-36-83(86)98-93(100)64-78(65-96(98)104(73-32-14-7-15-33-73)76-55-48-69(49-56-76)67-28-10-5-11-29-67)103(74-53-46-68(47-54-74)66-26-8-4-9-27-66)75-57-50-71(51-58-75)80-38-24-42-90-97(80)84-37-18-22-41-88(84)102(90)89-61-52-72-62-85(89)99-91(102)43-25-45-95(99)105(94-44-23-19-34-79(94)70-30-12-6-13-31-70)77-59-60-82-81-35-16-21-40-87(81)101(72,3)92(82)63-77/h4-65H,1-3H3. The Morgan fingerprint density at radius 3 is 1.33 bits per heavy atom. The summed E-state index contributed by atoms with van der Waals surface area (Å²) in [6, 6.07) is 142. The summed E-state index contributed by atoms with van der Waals surface area (Å²) in [5.41, 5.74) is 39.9. The molecule has 2 unspecified atom stereocenters. The van der Waals surface area contributed by atoms with E-state index >= 15 is 0 Å². The van der Waals surface area contributed by atoms with Crippen molar-refractivity contribution < 1.29 is 0 Å². The van der Waals surface area contributed by atoms with Crippen LogP contribution in [0.5, 0.6) is 0 Å². The molecule has 0 fully saturated rings. The third-order valence-corrected chi connectivity index (χ3v) is 23.9. The van der Waals surface area contributed by atoms with Crippen LogP contribution in [0.3, 0.4) is 0 Å². The fourth-order valence-corrected chi connectivity index (χ4v) is 19.1. The third kappa shape index (κ3) is 8.86. The molecular formula is C102H71N3. The van der Waals surface area contributed by atoms with Gasteiger partial charge in [-0.05, 0) is 220 Å². The third-order valence-electron chi connectivity index (χ3n) is 23.9. The van der Waals surface area contributed by atoms with E-state index in [0.717, 1.165) is 56.7 Å². The van der Waals surface area contributed by atoms with Crippen molar-refractivity contribution in [3.63, 3.8) is 0 Å². The number of hydrogen-bond donors (Lipinski definition) is 0. The summed E-state index contributed by atoms with van der Waals surface area (Å²) < 4.78 is 0. The summed E-state index contributed by atoms with van der Waals surface area (Å²) in [7, 11) is 0. The predicted octanol–water partition coefficient (Wildman–Crippen LogP) is 27.1. The van der Waals surface area contributed by atoms with Crippen LogP contribution in [-0.4, -0.2) is 0 Å². The number of hydrogen-bond acceptors (Lipinski definition) is 3. The molecule has 105 heavy (non-hydrogen) atoms. The van der Waals surface area contributed by atoms with E-state index in [-0.39, 0.29) is 5.41 Å². The highest BCUT2D eigenvalue weighted by Crippen LogP contribution is 2.68. The molecule has 3 heteroatoms. The van der Waals surface area contributed by atoms with Gasteiger partial charge in [0, 0.05) is 61.6 Å². The van der Waals surface area contributed by atoms with Gasteiger partial charge in [0.05, 0.1) is 22.5 Å². The van der Waals surface area contributed by atoms with Crippen LogP contribution >= 0.6 is 0 Å². The number of rotatable bonds is 11. The molecule has 4 aliphatic carbocycles. The molecule has 4 bridgehead atoms. The highest BCUT2D eigenvalue weighted by atomic mass is 15.2. The number of nitrogens with zero attached hydrogens (tertiary/aromatic N) is 3. The topological polar surface area (TPSA) is 9.72 Å². The van der Waals surface area contributed by atoms with Crippen LogP contribution < -0.4 is 14.7 Å². The Morgan fingerprint density at radius 1 is 0.229 bits per heavy atom. The minimum absolute atomic E-state index is 0.327. The molecule has 0 aromatic heterocycles. The highest BCUT2D eigenvalue weighted by Gasteiger charge is 2.54. The zero-order valence-electron chi connectivity index (χ0n) is 58.6. The highest BCUT2D eigenvalue weighted by molar-refractivity contribution is 6.06. The van der Waals surface area contributed by atoms with E-state index in [1.807, 2.05) is 0 Å². The van der Waals surface area contributed by atoms with E-state index in [1.54, 1.807) is 0 Å². The molecule has 0 saturated heterocycles. The van der Waals surface area contributed by atoms with Gasteiger partial charge in [0.15, 0.2) is 0 Å². The van der Waals surface area contributed by atoms with E-state index in [4.69, 9.17) is 0 Å². The minimum Gasteiger partial charge on any atom is -0.310 e. The molecule has 0 N–H and O–H groups in total. The lowest BCUT2D eigenvalue weighted by atomic mass is 9.69. The van der Waals surface area contributed by atoms with E-state index < -0.39 is 10.8 Å². The second-order valence-electron chi connectivity index (χ2n) is 29.5. The molecule has 1 spiro atoms. The Bertz CT molecular complexity index is 6180. The quantitative estimate of drug-likeness (QED) is 0.128. The molecule has 5 aliphatic rings. The van der Waals surface area contributed by atoms with Gasteiger partial charge in [0.2, 0.25) is 0 Å². The average Bonchev–Trinajstić information content (AvgIpc) is 1.50. The van der Waals surface area contributed by atoms with Crippen molar-refractivity contribution >= 4 is 51.2 Å². The van der Waals surface area contributed by atoms with E-state index in [0.29, 0.717) is 0 Å². The molecule has 0 radical (unpaired) electrons. The van der Waals surface area contributed by atoms with Crippen LogP contribution in [0.4, 0.5) is 51.2 Å². The first-order chi connectivity index (χ1) is 51.7. The largest absolute Gasteiger partial charge is 0.310 e. The first-order valence-corrected chi connectivity index (χ1v) is 36.8. The average molecular weight is 1340 g/mol. The Labute approximate surface area is 614 Å². The molecule has 16 aromatic carbocycles. The van der Waals surface area contributed by atoms with E-state index in [1.165, 1.54) is 134 Å². The Kier molecular flexibility index (Phi) is 13.4. The van der Waals surface area contributed by atoms with Crippen molar-refractivity contribution in [3.05, 3.63) is 426 Å². The molecule has 21 rings (SSSR count). The fraction of sp³-hybridized carbons (Fsp3) is 0.0588. The monoisotopic (exact) mass is 1340 g/mol. The van der Waals surface area contributed by atoms with Gasteiger partial charge in [-0.15, -0.1) is 0 Å². The van der Waals surface area contributed by atoms with Crippen LogP contribution in [0.1, 0.15) is 70.8 Å². The smallest absolute Gasteiger partial charge is 0.0726 e. The summed E-state index contributed by atoms with van der Waals surface area (Å²) in [5, 5.41) is 0. The van der Waals surface area contributed by atoms with E-state index in [9.17, 15) is 0 Å². The summed E-state index contributed by atoms with van der Waals surface area (Å²) in [6.07, 6.45) is 0. The van der Waals surface area contributed by atoms with Gasteiger partial charge in [-0.25, -0.2) is 0 Å². The predicted molar refractivity (Wildman–Crippen MR) is 437 cm³/mol. The number of anilines is 9. The molecule has 1 heterocycles. The zero-order valence-corrected chi connectivity index (χ0v) is 58.6. The van der Waals surface area contributed by atoms with Crippen LogP contribution in [0.25, 0.3) is 89.0 Å². The summed E-state index contributed by atoms with van der Waals surface area (Å²) >= 11 is 0. The Balaban J connectivity index is 0.756. The molecule has 1 aliphatic heterocycles. The molecule has 0 amide bonds. The summed E-state index contributed by atoms with van der Waals surface area (Å²) in [5.74, 6) is 0. The first kappa shape index (κ1) is 60.7. The number of para-hydroxylation sites is 2. The van der Waals surface area contributed by atoms with Crippen molar-refractivity contribution in [1.29, 1.82) is 0 Å². The first-order valence-electron chi connectivity index (χ1n) is 36.8. The van der Waals surface area contributed by atoms with Gasteiger partial charge in [-0.1, -0.05) is 299 Å². The van der Waals surface area contributed by atoms with Gasteiger partial charge in [0.1, 0.15) is 0 Å². The summed E-state index contributed by atoms with van der Waals surface area (Å²) in [6.45, 7) is 7.28. The normalized spacial score (nSPS) is 15.9. The number of fused-ring (bicyclic) bond motifs is 16. The lowest BCUT2D eigenvalue weighted by molar-refractivity contribution is 0.660. The number of benzene rings is 16. The van der Waals surface area contributed by atoms with Crippen molar-refractivity contribution in [2.24, 2.45) is 0 Å². The van der Waals surface area contributed by atoms with Crippen LogP contribution in [0.2, 0.25) is 0 Å². The lowest BCUT2D eigenvalue weighted by Gasteiger charge is -2.34. The van der Waals surface area contributed by atoms with Crippen molar-refractivity contribution in [2.45, 2.75) is 37.0 Å². The van der Waals surface area contributed by atoms with Gasteiger partial charge in [-0.2, -0.15) is 0 Å². The maximum absolute atomic E-state index is 2.59. The maximum atomic E-state index is 2.59. The van der Waals surface area contributed by atoms with Crippen LogP contribution in [0, 0.1) is 0 Å². The molecule has 3 nitrogen and oxygen atoms in total. The molecule has 2 atom stereocenters. The molecule has 0 saturated carbocycles. The van der Waals surface area contributed by atoms with Crippen LogP contribution in [0.15, 0.2) is 376 Å². The Morgan fingerprint density at radius 2 is 0.676 bits per heavy atom. The second kappa shape index (κ2) is 23.2. The summed E-state index contributed by atoms with van der Waals surface area (Å²) in [4.78, 5) is 7.55. The van der Waals surface area contributed by atoms with Crippen molar-refractivity contribution in [2.75, 3.05) is 14.7 Å². The molecule has 494 valence electrons. The minimum atomic E-state index is -0.656. The van der Waals surface area contributed by atoms with E-state index in [2.05, 4.69) is 412 Å². The lowest BCUT2D eigenvalue weighted by Crippen LogP contribution is -2.26. The van der Waals surface area contributed by atoms with Crippen molar-refractivity contribution in [1.82, 2.24) is 0 Å². The fourth-order valence-electron chi connectivity index (χ4n) is 19.1. The second-order valence-corrected chi connectivity index (χ2v) is 29.5. The van der Waals surface area contributed by atoms with Crippen molar-refractivity contribution in [3.8, 4) is 89.0 Å². The van der Waals surface area contributed by atoms with Crippen LogP contribution in [-0.2, 0) is 16.2 Å².